The largest absolute Gasteiger partial charge is 0.320 e. The zero-order valence-electron chi connectivity index (χ0n) is 15.0. The van der Waals surface area contributed by atoms with E-state index in [4.69, 9.17) is 0 Å². The van der Waals surface area contributed by atoms with Gasteiger partial charge in [0.25, 0.3) is 0 Å². The second-order valence-electron chi connectivity index (χ2n) is 7.70. The maximum Gasteiger partial charge on any atom is 0.123 e. The molecule has 2 aromatic carbocycles. The van der Waals surface area contributed by atoms with Crippen molar-refractivity contribution in [2.75, 3.05) is 7.05 Å². The van der Waals surface area contributed by atoms with E-state index in [1.54, 1.807) is 12.1 Å². The van der Waals surface area contributed by atoms with E-state index in [2.05, 4.69) is 53.1 Å². The van der Waals surface area contributed by atoms with Crippen molar-refractivity contribution in [2.45, 2.75) is 43.3 Å². The lowest BCUT2D eigenvalue weighted by atomic mass is 9.71. The highest BCUT2D eigenvalue weighted by Crippen LogP contribution is 2.50. The third kappa shape index (κ3) is 2.19. The van der Waals surface area contributed by atoms with Crippen LogP contribution in [0.3, 0.4) is 0 Å². The van der Waals surface area contributed by atoms with Gasteiger partial charge in [-0.25, -0.2) is 9.40 Å². The highest BCUT2D eigenvalue weighted by molar-refractivity contribution is 5.53. The first-order chi connectivity index (χ1) is 12.7. The Kier molecular flexibility index (Phi) is 3.66. The normalized spacial score (nSPS) is 30.8. The maximum atomic E-state index is 13.7. The summed E-state index contributed by atoms with van der Waals surface area (Å²) < 4.78 is 13.7. The first-order valence-corrected chi connectivity index (χ1v) is 9.51. The summed E-state index contributed by atoms with van der Waals surface area (Å²) in [6.45, 7) is 0. The van der Waals surface area contributed by atoms with E-state index < -0.39 is 0 Å². The molecule has 0 spiro atoms. The molecule has 26 heavy (non-hydrogen) atoms. The van der Waals surface area contributed by atoms with Crippen LogP contribution < -0.4 is 10.7 Å². The number of fused-ring (bicyclic) bond motifs is 3. The highest BCUT2D eigenvalue weighted by Gasteiger charge is 2.52. The monoisotopic (exact) mass is 349 g/mol. The third-order valence-electron chi connectivity index (χ3n) is 6.29. The first kappa shape index (κ1) is 16.0. The van der Waals surface area contributed by atoms with Crippen LogP contribution in [0.2, 0.25) is 0 Å². The molecule has 0 amide bonds. The number of benzene rings is 2. The van der Waals surface area contributed by atoms with Gasteiger partial charge in [0.1, 0.15) is 11.4 Å². The van der Waals surface area contributed by atoms with Gasteiger partial charge in [-0.1, -0.05) is 42.5 Å². The molecule has 3 nitrogen and oxygen atoms in total. The number of piperidine rings is 1. The number of hydrogen-bond donors (Lipinski definition) is 2. The van der Waals surface area contributed by atoms with Crippen molar-refractivity contribution in [3.8, 4) is 0 Å². The van der Waals surface area contributed by atoms with Gasteiger partial charge < -0.3 is 10.7 Å². The average Bonchev–Trinajstić information content (AvgIpc) is 2.97. The van der Waals surface area contributed by atoms with E-state index in [-0.39, 0.29) is 11.4 Å². The Labute approximate surface area is 153 Å². The van der Waals surface area contributed by atoms with Crippen molar-refractivity contribution in [1.29, 1.82) is 0 Å². The predicted molar refractivity (Wildman–Crippen MR) is 101 cm³/mol. The number of halogens is 1. The van der Waals surface area contributed by atoms with Crippen LogP contribution in [0.25, 0.3) is 0 Å². The second-order valence-corrected chi connectivity index (χ2v) is 7.70. The first-order valence-electron chi connectivity index (χ1n) is 9.51. The number of nitrogens with zero attached hydrogens (tertiary/aromatic N) is 1. The summed E-state index contributed by atoms with van der Waals surface area (Å²) in [7, 11) is 2.11. The van der Waals surface area contributed by atoms with Gasteiger partial charge in [0.15, 0.2) is 0 Å². The molecule has 3 atom stereocenters. The molecule has 0 saturated carbocycles. The van der Waals surface area contributed by atoms with Crippen LogP contribution >= 0.6 is 0 Å². The Bertz CT molecular complexity index is 845. The van der Waals surface area contributed by atoms with Crippen LogP contribution in [0.5, 0.6) is 0 Å². The SMILES string of the molecule is CN1NC2=C(C[C@H]3CCC[C@@H]2N3)C1(c1ccccc1)c1ccc(F)cc1. The van der Waals surface area contributed by atoms with E-state index in [1.807, 2.05) is 12.1 Å². The van der Waals surface area contributed by atoms with Crippen molar-refractivity contribution < 1.29 is 4.39 Å². The molecule has 134 valence electrons. The molecule has 2 aromatic rings. The highest BCUT2D eigenvalue weighted by atomic mass is 19.1. The Morgan fingerprint density at radius 1 is 1.00 bits per heavy atom. The lowest BCUT2D eigenvalue weighted by molar-refractivity contribution is 0.171. The van der Waals surface area contributed by atoms with E-state index in [0.717, 1.165) is 12.0 Å². The molecule has 1 saturated heterocycles. The summed E-state index contributed by atoms with van der Waals surface area (Å²) >= 11 is 0. The maximum absolute atomic E-state index is 13.7. The van der Waals surface area contributed by atoms with E-state index in [9.17, 15) is 4.39 Å². The van der Waals surface area contributed by atoms with Gasteiger partial charge in [-0.3, -0.25) is 0 Å². The lowest BCUT2D eigenvalue weighted by Crippen LogP contribution is -2.49. The molecule has 2 N–H and O–H groups in total. The molecular weight excluding hydrogens is 325 g/mol. The number of rotatable bonds is 2. The van der Waals surface area contributed by atoms with Crippen molar-refractivity contribution in [3.63, 3.8) is 0 Å². The molecule has 3 heterocycles. The van der Waals surface area contributed by atoms with Crippen LogP contribution in [-0.2, 0) is 5.54 Å². The summed E-state index contributed by atoms with van der Waals surface area (Å²) in [6.07, 6.45) is 4.70. The van der Waals surface area contributed by atoms with E-state index >= 15 is 0 Å². The number of nitrogens with one attached hydrogen (secondary N) is 2. The molecular formula is C22H24FN3. The summed E-state index contributed by atoms with van der Waals surface area (Å²) in [5.41, 5.74) is 8.38. The summed E-state index contributed by atoms with van der Waals surface area (Å²) in [4.78, 5) is 0. The summed E-state index contributed by atoms with van der Waals surface area (Å²) in [5.74, 6) is -0.193. The van der Waals surface area contributed by atoms with E-state index in [1.165, 1.54) is 36.1 Å². The van der Waals surface area contributed by atoms with Crippen molar-refractivity contribution in [3.05, 3.63) is 82.8 Å². The van der Waals surface area contributed by atoms with Gasteiger partial charge in [-0.15, -0.1) is 0 Å². The molecule has 4 heteroatoms. The van der Waals surface area contributed by atoms with Gasteiger partial charge in [0, 0.05) is 24.8 Å². The third-order valence-corrected chi connectivity index (χ3v) is 6.29. The smallest absolute Gasteiger partial charge is 0.123 e. The van der Waals surface area contributed by atoms with Crippen LogP contribution in [0.4, 0.5) is 4.39 Å². The van der Waals surface area contributed by atoms with Gasteiger partial charge in [0.2, 0.25) is 0 Å². The average molecular weight is 349 g/mol. The summed E-state index contributed by atoms with van der Waals surface area (Å²) in [6, 6.07) is 18.6. The van der Waals surface area contributed by atoms with Crippen molar-refractivity contribution >= 4 is 0 Å². The quantitative estimate of drug-likeness (QED) is 0.866. The predicted octanol–water partition coefficient (Wildman–Crippen LogP) is 3.69. The molecule has 1 unspecified atom stereocenters. The fourth-order valence-electron chi connectivity index (χ4n) is 5.20. The van der Waals surface area contributed by atoms with Crippen molar-refractivity contribution in [2.24, 2.45) is 0 Å². The molecule has 1 fully saturated rings. The van der Waals surface area contributed by atoms with Gasteiger partial charge in [0.05, 0.1) is 0 Å². The minimum atomic E-state index is -0.389. The van der Waals surface area contributed by atoms with Gasteiger partial charge in [-0.2, -0.15) is 0 Å². The zero-order valence-corrected chi connectivity index (χ0v) is 15.0. The molecule has 0 aliphatic carbocycles. The fourth-order valence-corrected chi connectivity index (χ4v) is 5.20. The standard InChI is InChI=1S/C22H24FN3/c1-26-22(15-6-3-2-4-7-15,16-10-12-17(23)13-11-16)19-14-18-8-5-9-20(24-18)21(19)25-26/h2-4,6-7,10-13,18,20,24-25H,5,8-9,14H2,1H3/t18-,20+,22?/m1/s1. The minimum Gasteiger partial charge on any atom is -0.320 e. The molecule has 0 aromatic heterocycles. The van der Waals surface area contributed by atoms with Crippen molar-refractivity contribution in [1.82, 2.24) is 15.8 Å². The Hall–Kier alpha value is -2.17. The zero-order chi connectivity index (χ0) is 17.7. The fraction of sp³-hybridized carbons (Fsp3) is 0.364. The summed E-state index contributed by atoms with van der Waals surface area (Å²) in [5, 5.41) is 6.01. The minimum absolute atomic E-state index is 0.193. The van der Waals surface area contributed by atoms with Crippen LogP contribution in [0.15, 0.2) is 65.9 Å². The number of hydrazine groups is 1. The Balaban J connectivity index is 1.76. The topological polar surface area (TPSA) is 27.3 Å². The molecule has 3 aliphatic rings. The van der Waals surface area contributed by atoms with Gasteiger partial charge in [-0.05, 0) is 54.5 Å². The molecule has 0 radical (unpaired) electrons. The van der Waals surface area contributed by atoms with Crippen LogP contribution in [-0.4, -0.2) is 24.1 Å². The van der Waals surface area contributed by atoms with Gasteiger partial charge >= 0.3 is 0 Å². The Morgan fingerprint density at radius 2 is 1.73 bits per heavy atom. The molecule has 5 rings (SSSR count). The van der Waals surface area contributed by atoms with Crippen LogP contribution in [0.1, 0.15) is 36.8 Å². The lowest BCUT2D eigenvalue weighted by Gasteiger charge is -2.42. The van der Waals surface area contributed by atoms with Crippen LogP contribution in [0, 0.1) is 5.82 Å². The molecule has 2 bridgehead atoms. The number of likely N-dealkylation sites (N-methyl/N-ethyl adjacent to an activating group) is 1. The van der Waals surface area contributed by atoms with E-state index in [0.29, 0.717) is 12.1 Å². The number of hydrogen-bond acceptors (Lipinski definition) is 3. The Morgan fingerprint density at radius 3 is 2.50 bits per heavy atom. The molecule has 3 aliphatic heterocycles. The second kappa shape index (κ2) is 5.93.